The Bertz CT molecular complexity index is 1230. The van der Waals surface area contributed by atoms with Crippen LogP contribution in [-0.4, -0.2) is 35.4 Å². The van der Waals surface area contributed by atoms with Crippen molar-refractivity contribution in [1.29, 1.82) is 0 Å². The van der Waals surface area contributed by atoms with Crippen molar-refractivity contribution in [2.45, 2.75) is 19.9 Å². The van der Waals surface area contributed by atoms with E-state index < -0.39 is 5.82 Å². The highest BCUT2D eigenvalue weighted by molar-refractivity contribution is 7.71. The number of anilines is 1. The molecule has 0 aliphatic rings. The van der Waals surface area contributed by atoms with Gasteiger partial charge in [0.05, 0.1) is 0 Å². The third kappa shape index (κ3) is 4.18. The SMILES string of the molecule is Cc1ccc(-c2n[nH]c(=S)n2CCC(=O)Nc2ccc(-n3cncn3)c(F)c2)cc1. The van der Waals surface area contributed by atoms with E-state index in [9.17, 15) is 9.18 Å². The molecule has 0 saturated carbocycles. The van der Waals surface area contributed by atoms with Crippen LogP contribution in [0.1, 0.15) is 12.0 Å². The van der Waals surface area contributed by atoms with Gasteiger partial charge in [-0.15, -0.1) is 0 Å². The van der Waals surface area contributed by atoms with E-state index in [-0.39, 0.29) is 18.0 Å². The average molecular weight is 423 g/mol. The third-order valence-corrected chi connectivity index (χ3v) is 4.84. The second-order valence-corrected chi connectivity index (χ2v) is 7.06. The van der Waals surface area contributed by atoms with Gasteiger partial charge in [0.25, 0.3) is 0 Å². The van der Waals surface area contributed by atoms with Gasteiger partial charge in [-0.1, -0.05) is 29.8 Å². The van der Waals surface area contributed by atoms with Gasteiger partial charge in [-0.05, 0) is 37.3 Å². The Labute approximate surface area is 176 Å². The molecule has 0 atom stereocenters. The maximum absolute atomic E-state index is 14.3. The highest BCUT2D eigenvalue weighted by atomic mass is 32.1. The number of aromatic amines is 1. The van der Waals surface area contributed by atoms with Crippen molar-refractivity contribution in [3.63, 3.8) is 0 Å². The fraction of sp³-hybridized carbons (Fsp3) is 0.150. The predicted molar refractivity (Wildman–Crippen MR) is 112 cm³/mol. The van der Waals surface area contributed by atoms with Crippen LogP contribution in [0.15, 0.2) is 55.1 Å². The molecule has 152 valence electrons. The van der Waals surface area contributed by atoms with Gasteiger partial charge >= 0.3 is 0 Å². The number of rotatable bonds is 6. The van der Waals surface area contributed by atoms with Gasteiger partial charge in [0.15, 0.2) is 16.4 Å². The first-order valence-corrected chi connectivity index (χ1v) is 9.59. The summed E-state index contributed by atoms with van der Waals surface area (Å²) < 4.78 is 17.8. The van der Waals surface area contributed by atoms with Gasteiger partial charge in [-0.2, -0.15) is 10.2 Å². The third-order valence-electron chi connectivity index (χ3n) is 4.53. The quantitative estimate of drug-likeness (QED) is 0.462. The second kappa shape index (κ2) is 8.37. The molecular formula is C20H18FN7OS. The Morgan fingerprint density at radius 2 is 2.03 bits per heavy atom. The number of carbonyl (C=O) groups is 1. The van der Waals surface area contributed by atoms with Crippen LogP contribution in [0.25, 0.3) is 17.1 Å². The minimum Gasteiger partial charge on any atom is -0.326 e. The standard InChI is InChI=1S/C20H18FN7OS/c1-13-2-4-14(5-3-13)19-25-26-20(30)27(19)9-8-18(29)24-15-6-7-17(16(21)10-15)28-12-22-11-23-28/h2-7,10-12H,8-9H2,1H3,(H,24,29)(H,26,30). The van der Waals surface area contributed by atoms with Gasteiger partial charge in [0.1, 0.15) is 18.3 Å². The summed E-state index contributed by atoms with van der Waals surface area (Å²) in [5.41, 5.74) is 2.65. The fourth-order valence-corrected chi connectivity index (χ4v) is 3.21. The van der Waals surface area contributed by atoms with Crippen LogP contribution in [0.3, 0.4) is 0 Å². The Morgan fingerprint density at radius 3 is 2.73 bits per heavy atom. The summed E-state index contributed by atoms with van der Waals surface area (Å²) in [6.45, 7) is 2.34. The second-order valence-electron chi connectivity index (χ2n) is 6.67. The number of nitrogens with zero attached hydrogens (tertiary/aromatic N) is 5. The molecule has 0 aliphatic carbocycles. The van der Waals surface area contributed by atoms with E-state index in [4.69, 9.17) is 12.2 Å². The maximum Gasteiger partial charge on any atom is 0.226 e. The van der Waals surface area contributed by atoms with Crippen LogP contribution >= 0.6 is 12.2 Å². The molecule has 1 amide bonds. The van der Waals surface area contributed by atoms with E-state index in [1.54, 1.807) is 10.6 Å². The molecule has 2 aromatic carbocycles. The number of nitrogens with one attached hydrogen (secondary N) is 2. The number of benzene rings is 2. The zero-order valence-corrected chi connectivity index (χ0v) is 16.9. The van der Waals surface area contributed by atoms with Gasteiger partial charge in [0, 0.05) is 24.2 Å². The largest absolute Gasteiger partial charge is 0.326 e. The number of halogens is 1. The van der Waals surface area contributed by atoms with Crippen molar-refractivity contribution >= 4 is 23.8 Å². The van der Waals surface area contributed by atoms with Gasteiger partial charge in [0.2, 0.25) is 5.91 Å². The minimum atomic E-state index is -0.517. The summed E-state index contributed by atoms with van der Waals surface area (Å²) in [6, 6.07) is 12.3. The van der Waals surface area contributed by atoms with Gasteiger partial charge < -0.3 is 5.32 Å². The monoisotopic (exact) mass is 423 g/mol. The predicted octanol–water partition coefficient (Wildman–Crippen LogP) is 3.66. The number of hydrogen-bond donors (Lipinski definition) is 2. The zero-order chi connectivity index (χ0) is 21.1. The van der Waals surface area contributed by atoms with Crippen LogP contribution in [-0.2, 0) is 11.3 Å². The topological polar surface area (TPSA) is 93.4 Å². The molecule has 0 unspecified atom stereocenters. The van der Waals surface area contributed by atoms with E-state index in [0.717, 1.165) is 11.1 Å². The molecule has 0 radical (unpaired) electrons. The summed E-state index contributed by atoms with van der Waals surface area (Å²) >= 11 is 5.30. The lowest BCUT2D eigenvalue weighted by molar-refractivity contribution is -0.116. The lowest BCUT2D eigenvalue weighted by Gasteiger charge is -2.09. The number of amides is 1. The first-order valence-electron chi connectivity index (χ1n) is 9.18. The van der Waals surface area contributed by atoms with Crippen LogP contribution in [0.4, 0.5) is 10.1 Å². The van der Waals surface area contributed by atoms with Crippen molar-refractivity contribution in [2.75, 3.05) is 5.32 Å². The Balaban J connectivity index is 1.43. The van der Waals surface area contributed by atoms with Crippen molar-refractivity contribution in [1.82, 2.24) is 29.5 Å². The molecule has 10 heteroatoms. The first-order chi connectivity index (χ1) is 14.5. The number of hydrogen-bond acceptors (Lipinski definition) is 5. The molecule has 0 spiro atoms. The summed E-state index contributed by atoms with van der Waals surface area (Å²) in [6.07, 6.45) is 2.87. The first kappa shape index (κ1) is 19.6. The van der Waals surface area contributed by atoms with Crippen molar-refractivity contribution < 1.29 is 9.18 Å². The normalized spacial score (nSPS) is 10.9. The summed E-state index contributed by atoms with van der Waals surface area (Å²) in [5.74, 6) is -0.117. The van der Waals surface area contributed by atoms with Crippen molar-refractivity contribution in [2.24, 2.45) is 0 Å². The van der Waals surface area contributed by atoms with E-state index in [1.807, 2.05) is 31.2 Å². The summed E-state index contributed by atoms with van der Waals surface area (Å²) in [4.78, 5) is 16.2. The van der Waals surface area contributed by atoms with Crippen LogP contribution in [0.5, 0.6) is 0 Å². The lowest BCUT2D eigenvalue weighted by Crippen LogP contribution is -2.15. The van der Waals surface area contributed by atoms with Crippen LogP contribution < -0.4 is 5.32 Å². The van der Waals surface area contributed by atoms with Crippen LogP contribution in [0, 0.1) is 17.5 Å². The Morgan fingerprint density at radius 1 is 1.23 bits per heavy atom. The average Bonchev–Trinajstić information content (AvgIpc) is 3.37. The molecule has 8 nitrogen and oxygen atoms in total. The summed E-state index contributed by atoms with van der Waals surface area (Å²) in [7, 11) is 0. The number of aromatic nitrogens is 6. The molecule has 2 N–H and O–H groups in total. The number of H-pyrrole nitrogens is 1. The van der Waals surface area contributed by atoms with Gasteiger partial charge in [-0.3, -0.25) is 14.5 Å². The molecule has 0 bridgehead atoms. The Hall–Kier alpha value is -3.66. The van der Waals surface area contributed by atoms with Crippen molar-refractivity contribution in [3.8, 4) is 17.1 Å². The van der Waals surface area contributed by atoms with Gasteiger partial charge in [-0.25, -0.2) is 14.1 Å². The summed E-state index contributed by atoms with van der Waals surface area (Å²) in [5, 5.41) is 13.6. The highest BCUT2D eigenvalue weighted by Gasteiger charge is 2.12. The molecule has 0 fully saturated rings. The number of aryl methyl sites for hydroxylation is 1. The van der Waals surface area contributed by atoms with E-state index in [2.05, 4.69) is 25.6 Å². The van der Waals surface area contributed by atoms with Crippen molar-refractivity contribution in [3.05, 3.63) is 71.3 Å². The van der Waals surface area contributed by atoms with E-state index in [1.165, 1.54) is 29.5 Å². The Kier molecular flexibility index (Phi) is 5.48. The zero-order valence-electron chi connectivity index (χ0n) is 16.0. The number of carbonyl (C=O) groups excluding carboxylic acids is 1. The highest BCUT2D eigenvalue weighted by Crippen LogP contribution is 2.20. The molecule has 2 heterocycles. The smallest absolute Gasteiger partial charge is 0.226 e. The molecule has 30 heavy (non-hydrogen) atoms. The maximum atomic E-state index is 14.3. The molecular weight excluding hydrogens is 405 g/mol. The molecule has 4 aromatic rings. The van der Waals surface area contributed by atoms with E-state index in [0.29, 0.717) is 22.8 Å². The molecule has 4 rings (SSSR count). The minimum absolute atomic E-state index is 0.152. The van der Waals surface area contributed by atoms with Crippen LogP contribution in [0.2, 0.25) is 0 Å². The molecule has 0 aliphatic heterocycles. The van der Waals surface area contributed by atoms with E-state index >= 15 is 0 Å². The fourth-order valence-electron chi connectivity index (χ4n) is 2.99. The molecule has 2 aromatic heterocycles. The lowest BCUT2D eigenvalue weighted by atomic mass is 10.1. The molecule has 0 saturated heterocycles.